The third-order valence-corrected chi connectivity index (χ3v) is 6.79. The molecule has 1 N–H and O–H groups in total. The number of halogens is 2. The van der Waals surface area contributed by atoms with E-state index in [-0.39, 0.29) is 55.7 Å². The van der Waals surface area contributed by atoms with Gasteiger partial charge in [-0.25, -0.2) is 4.57 Å². The van der Waals surface area contributed by atoms with Crippen molar-refractivity contribution in [2.45, 2.75) is 59.2 Å². The molecule has 1 aromatic carbocycles. The van der Waals surface area contributed by atoms with E-state index in [0.29, 0.717) is 0 Å². The van der Waals surface area contributed by atoms with Crippen LogP contribution in [0.15, 0.2) is 12.1 Å². The van der Waals surface area contributed by atoms with Crippen molar-refractivity contribution in [3.63, 3.8) is 0 Å². The van der Waals surface area contributed by atoms with Crippen LogP contribution in [-0.4, -0.2) is 65.0 Å². The number of alkyl halides is 2. The molecule has 0 aliphatic heterocycles. The standard InChI is InChI=1S/C22H35Cl2N4O9P/c1-21(2,3)36-38(34,37-22(4,5)6)35-13-7-10-25-20(29)16-14-18(26(11-8-23)12-9-24)19(28(32)33)15-17(16)27(30)31/h14-15H,7-13H2,1-6H3,(H,25,29). The minimum Gasteiger partial charge on any atom is -0.364 e. The van der Waals surface area contributed by atoms with Gasteiger partial charge in [-0.3, -0.25) is 38.6 Å². The summed E-state index contributed by atoms with van der Waals surface area (Å²) in [5.74, 6) is -0.618. The van der Waals surface area contributed by atoms with Gasteiger partial charge in [0.1, 0.15) is 11.3 Å². The highest BCUT2D eigenvalue weighted by Crippen LogP contribution is 2.55. The van der Waals surface area contributed by atoms with Gasteiger partial charge in [0.15, 0.2) is 0 Å². The van der Waals surface area contributed by atoms with E-state index in [4.69, 9.17) is 36.8 Å². The van der Waals surface area contributed by atoms with Crippen LogP contribution < -0.4 is 10.2 Å². The van der Waals surface area contributed by atoms with Crippen molar-refractivity contribution in [3.05, 3.63) is 37.9 Å². The fourth-order valence-electron chi connectivity index (χ4n) is 3.14. The van der Waals surface area contributed by atoms with Gasteiger partial charge in [-0.15, -0.1) is 23.2 Å². The Morgan fingerprint density at radius 3 is 1.89 bits per heavy atom. The van der Waals surface area contributed by atoms with Gasteiger partial charge in [0.25, 0.3) is 17.3 Å². The Morgan fingerprint density at radius 2 is 1.47 bits per heavy atom. The van der Waals surface area contributed by atoms with Gasteiger partial charge >= 0.3 is 7.82 Å². The van der Waals surface area contributed by atoms with Crippen molar-refractivity contribution < 1.29 is 32.8 Å². The number of carbonyl (C=O) groups is 1. The minimum atomic E-state index is -3.94. The lowest BCUT2D eigenvalue weighted by molar-refractivity contribution is -0.393. The number of phosphoric acid groups is 1. The van der Waals surface area contributed by atoms with Gasteiger partial charge in [-0.2, -0.15) is 0 Å². The molecule has 0 saturated carbocycles. The van der Waals surface area contributed by atoms with Crippen molar-refractivity contribution >= 4 is 54.0 Å². The van der Waals surface area contributed by atoms with E-state index >= 15 is 0 Å². The van der Waals surface area contributed by atoms with Crippen LogP contribution in [0.3, 0.4) is 0 Å². The smallest absolute Gasteiger partial charge is 0.364 e. The Hall–Kier alpha value is -2.02. The van der Waals surface area contributed by atoms with E-state index in [1.54, 1.807) is 41.5 Å². The Kier molecular flexibility index (Phi) is 12.9. The van der Waals surface area contributed by atoms with Crippen molar-refractivity contribution in [2.75, 3.05) is 42.9 Å². The van der Waals surface area contributed by atoms with Crippen LogP contribution in [0.25, 0.3) is 0 Å². The Labute approximate surface area is 232 Å². The Morgan fingerprint density at radius 1 is 0.974 bits per heavy atom. The quantitative estimate of drug-likeness (QED) is 0.0872. The molecule has 0 fully saturated rings. The fraction of sp³-hybridized carbons (Fsp3) is 0.682. The van der Waals surface area contributed by atoms with Crippen molar-refractivity contribution in [2.24, 2.45) is 0 Å². The third-order valence-electron chi connectivity index (χ3n) is 4.41. The number of hydrogen-bond acceptors (Lipinski definition) is 10. The van der Waals surface area contributed by atoms with Gasteiger partial charge in [-0.05, 0) is 54.0 Å². The first-order valence-corrected chi connectivity index (χ1v) is 14.2. The van der Waals surface area contributed by atoms with E-state index in [1.165, 1.54) is 4.90 Å². The summed E-state index contributed by atoms with van der Waals surface area (Å²) in [4.78, 5) is 36.0. The number of benzene rings is 1. The van der Waals surface area contributed by atoms with E-state index in [9.17, 15) is 29.6 Å². The molecule has 0 bridgehead atoms. The number of hydrogen-bond donors (Lipinski definition) is 1. The maximum absolute atomic E-state index is 13.1. The van der Waals surface area contributed by atoms with Crippen LogP contribution in [0.1, 0.15) is 58.3 Å². The molecule has 0 atom stereocenters. The van der Waals surface area contributed by atoms with Gasteiger partial charge in [0.05, 0.1) is 33.7 Å². The molecule has 216 valence electrons. The lowest BCUT2D eigenvalue weighted by Gasteiger charge is -2.30. The highest BCUT2D eigenvalue weighted by atomic mass is 35.5. The molecule has 1 rings (SSSR count). The number of nitro groups is 2. The average molecular weight is 601 g/mol. The zero-order chi connectivity index (χ0) is 29.3. The fourth-order valence-corrected chi connectivity index (χ4v) is 5.39. The lowest BCUT2D eigenvalue weighted by atomic mass is 10.1. The zero-order valence-electron chi connectivity index (χ0n) is 22.3. The molecule has 0 saturated heterocycles. The summed E-state index contributed by atoms with van der Waals surface area (Å²) < 4.78 is 29.5. The van der Waals surface area contributed by atoms with Crippen molar-refractivity contribution in [1.29, 1.82) is 0 Å². The molecule has 1 aromatic rings. The molecular weight excluding hydrogens is 566 g/mol. The van der Waals surface area contributed by atoms with Gasteiger partial charge in [0, 0.05) is 31.4 Å². The Bertz CT molecular complexity index is 1020. The van der Waals surface area contributed by atoms with E-state index in [0.717, 1.165) is 12.1 Å². The van der Waals surface area contributed by atoms with E-state index in [1.807, 2.05) is 0 Å². The molecule has 0 aromatic heterocycles. The second-order valence-electron chi connectivity index (χ2n) is 10.0. The predicted molar refractivity (Wildman–Crippen MR) is 146 cm³/mol. The number of carbonyl (C=O) groups excluding carboxylic acids is 1. The topological polar surface area (TPSA) is 163 Å². The molecule has 0 aliphatic rings. The molecule has 38 heavy (non-hydrogen) atoms. The number of nitrogens with one attached hydrogen (secondary N) is 1. The molecule has 13 nitrogen and oxygen atoms in total. The molecule has 16 heteroatoms. The summed E-state index contributed by atoms with van der Waals surface area (Å²) in [6.07, 6.45) is 0.162. The highest BCUT2D eigenvalue weighted by molar-refractivity contribution is 7.48. The summed E-state index contributed by atoms with van der Waals surface area (Å²) in [6.45, 7) is 10.4. The van der Waals surface area contributed by atoms with Crippen LogP contribution in [0.5, 0.6) is 0 Å². The van der Waals surface area contributed by atoms with Crippen molar-refractivity contribution in [3.8, 4) is 0 Å². The average Bonchev–Trinajstić information content (AvgIpc) is 2.74. The lowest BCUT2D eigenvalue weighted by Crippen LogP contribution is -2.30. The summed E-state index contributed by atoms with van der Waals surface area (Å²) in [5, 5.41) is 25.8. The van der Waals surface area contributed by atoms with E-state index in [2.05, 4.69) is 5.32 Å². The molecule has 0 radical (unpaired) electrons. The molecule has 1 amide bonds. The van der Waals surface area contributed by atoms with Crippen LogP contribution in [0.2, 0.25) is 0 Å². The van der Waals surface area contributed by atoms with Crippen LogP contribution >= 0.6 is 31.0 Å². The number of phosphoric ester groups is 1. The van der Waals surface area contributed by atoms with Gasteiger partial charge in [0.2, 0.25) is 0 Å². The SMILES string of the molecule is CC(C)(C)OP(=O)(OCCCNC(=O)c1cc(N(CCCl)CCCl)c([N+](=O)[O-])cc1[N+](=O)[O-])OC(C)(C)C. The number of nitrogens with zero attached hydrogens (tertiary/aromatic N) is 3. The summed E-state index contributed by atoms with van der Waals surface area (Å²) >= 11 is 11.6. The van der Waals surface area contributed by atoms with Gasteiger partial charge < -0.3 is 10.2 Å². The number of amides is 1. The van der Waals surface area contributed by atoms with Gasteiger partial charge in [-0.1, -0.05) is 0 Å². The number of rotatable bonds is 15. The first-order valence-electron chi connectivity index (χ1n) is 11.7. The maximum atomic E-state index is 13.1. The number of anilines is 1. The minimum absolute atomic E-state index is 0.0135. The first-order chi connectivity index (χ1) is 17.4. The molecule has 0 heterocycles. The van der Waals surface area contributed by atoms with Crippen LogP contribution in [0, 0.1) is 20.2 Å². The molecular formula is C22H35Cl2N4O9P. The van der Waals surface area contributed by atoms with Crippen LogP contribution in [-0.2, 0) is 18.1 Å². The zero-order valence-corrected chi connectivity index (χ0v) is 24.7. The normalized spacial score (nSPS) is 12.3. The summed E-state index contributed by atoms with van der Waals surface area (Å²) in [7, 11) is -3.94. The molecule has 0 aliphatic carbocycles. The summed E-state index contributed by atoms with van der Waals surface area (Å²) in [5.41, 5.74) is -3.30. The monoisotopic (exact) mass is 600 g/mol. The summed E-state index contributed by atoms with van der Waals surface area (Å²) in [6, 6.07) is 1.83. The second kappa shape index (κ2) is 14.4. The van der Waals surface area contributed by atoms with Crippen LogP contribution in [0.4, 0.5) is 17.1 Å². The third kappa shape index (κ3) is 11.4. The predicted octanol–water partition coefficient (Wildman–Crippen LogP) is 5.66. The number of nitro benzene ring substituents is 2. The Balaban J connectivity index is 3.07. The highest BCUT2D eigenvalue weighted by Gasteiger charge is 2.37. The second-order valence-corrected chi connectivity index (χ2v) is 12.3. The van der Waals surface area contributed by atoms with Crippen molar-refractivity contribution in [1.82, 2.24) is 5.32 Å². The van der Waals surface area contributed by atoms with E-state index < -0.39 is 46.2 Å². The molecule has 0 unspecified atom stereocenters. The first kappa shape index (κ1) is 34.0. The largest absolute Gasteiger partial charge is 0.475 e. The molecule has 0 spiro atoms. The maximum Gasteiger partial charge on any atom is 0.475 e.